The first kappa shape index (κ1) is 19.9. The highest BCUT2D eigenvalue weighted by Crippen LogP contribution is 2.23. The van der Waals surface area contributed by atoms with E-state index in [9.17, 15) is 9.18 Å². The molecule has 0 spiro atoms. The lowest BCUT2D eigenvalue weighted by Crippen LogP contribution is -2.37. The van der Waals surface area contributed by atoms with Crippen molar-refractivity contribution in [2.45, 2.75) is 12.5 Å². The maximum absolute atomic E-state index is 13.1. The van der Waals surface area contributed by atoms with Gasteiger partial charge in [-0.05, 0) is 48.9 Å². The van der Waals surface area contributed by atoms with Gasteiger partial charge in [0.1, 0.15) is 5.82 Å². The van der Waals surface area contributed by atoms with E-state index < -0.39 is 0 Å². The molecule has 1 aliphatic rings. The first-order valence-electron chi connectivity index (χ1n) is 9.46. The Morgan fingerprint density at radius 1 is 1.10 bits per heavy atom. The Labute approximate surface area is 178 Å². The van der Waals surface area contributed by atoms with E-state index in [1.807, 2.05) is 28.9 Å². The summed E-state index contributed by atoms with van der Waals surface area (Å²) in [7, 11) is 0. The number of aromatic nitrogens is 4. The number of halogens is 2. The molecule has 30 heavy (non-hydrogen) atoms. The molecule has 1 N–H and O–H groups in total. The molecule has 0 radical (unpaired) electrons. The normalized spacial score (nSPS) is 15.9. The van der Waals surface area contributed by atoms with Gasteiger partial charge in [0.25, 0.3) is 5.91 Å². The van der Waals surface area contributed by atoms with Crippen molar-refractivity contribution >= 4 is 29.6 Å². The van der Waals surface area contributed by atoms with Crippen molar-refractivity contribution in [3.8, 4) is 5.69 Å². The molecule has 0 bridgehead atoms. The van der Waals surface area contributed by atoms with E-state index in [2.05, 4.69) is 20.3 Å². The number of nitrogens with one attached hydrogen (secondary N) is 1. The molecule has 3 aromatic heterocycles. The summed E-state index contributed by atoms with van der Waals surface area (Å²) in [4.78, 5) is 19.3. The second-order valence-corrected chi connectivity index (χ2v) is 7.08. The molecule has 7 nitrogen and oxygen atoms in total. The number of fused-ring (bicyclic) bond motifs is 1. The lowest BCUT2D eigenvalue weighted by molar-refractivity contribution is 0.0935. The molecule has 4 heterocycles. The average molecular weight is 427 g/mol. The van der Waals surface area contributed by atoms with E-state index in [1.165, 1.54) is 12.1 Å². The Kier molecular flexibility index (Phi) is 5.41. The zero-order valence-corrected chi connectivity index (χ0v) is 16.8. The van der Waals surface area contributed by atoms with E-state index in [-0.39, 0.29) is 30.2 Å². The molecule has 0 saturated carbocycles. The quantitative estimate of drug-likeness (QED) is 0.544. The van der Waals surface area contributed by atoms with Crippen LogP contribution in [0, 0.1) is 5.82 Å². The van der Waals surface area contributed by atoms with Crippen molar-refractivity contribution < 1.29 is 9.18 Å². The number of carbonyl (C=O) groups is 1. The van der Waals surface area contributed by atoms with Crippen molar-refractivity contribution in [2.24, 2.45) is 0 Å². The van der Waals surface area contributed by atoms with Gasteiger partial charge in [-0.1, -0.05) is 0 Å². The van der Waals surface area contributed by atoms with E-state index >= 15 is 0 Å². The molecular formula is C21H20ClFN6O. The van der Waals surface area contributed by atoms with Gasteiger partial charge >= 0.3 is 0 Å². The van der Waals surface area contributed by atoms with Crippen LogP contribution < -0.4 is 10.2 Å². The third-order valence-electron chi connectivity index (χ3n) is 5.17. The van der Waals surface area contributed by atoms with E-state index in [1.54, 1.807) is 35.3 Å². The van der Waals surface area contributed by atoms with Crippen molar-refractivity contribution in [1.82, 2.24) is 24.5 Å². The lowest BCUT2D eigenvalue weighted by atomic mass is 10.2. The first-order chi connectivity index (χ1) is 14.2. The molecule has 1 fully saturated rings. The summed E-state index contributed by atoms with van der Waals surface area (Å²) in [5.74, 6) is 0.399. The highest BCUT2D eigenvalue weighted by atomic mass is 35.5. The number of amides is 1. The third-order valence-corrected chi connectivity index (χ3v) is 5.17. The van der Waals surface area contributed by atoms with Crippen molar-refractivity contribution in [3.05, 3.63) is 78.8 Å². The van der Waals surface area contributed by atoms with Crippen molar-refractivity contribution in [3.63, 3.8) is 0 Å². The Morgan fingerprint density at radius 3 is 2.77 bits per heavy atom. The highest BCUT2D eigenvalue weighted by molar-refractivity contribution is 5.92. The van der Waals surface area contributed by atoms with Gasteiger partial charge in [0, 0.05) is 43.9 Å². The zero-order valence-electron chi connectivity index (χ0n) is 16.0. The minimum absolute atomic E-state index is 0. The molecular weight excluding hydrogens is 407 g/mol. The summed E-state index contributed by atoms with van der Waals surface area (Å²) in [6.45, 7) is 1.52. The van der Waals surface area contributed by atoms with Crippen LogP contribution in [-0.2, 0) is 0 Å². The molecule has 1 aliphatic heterocycles. The summed E-state index contributed by atoms with van der Waals surface area (Å²) in [6.07, 6.45) is 8.24. The predicted octanol–water partition coefficient (Wildman–Crippen LogP) is 3.09. The maximum atomic E-state index is 13.1. The minimum Gasteiger partial charge on any atom is -0.353 e. The summed E-state index contributed by atoms with van der Waals surface area (Å²) in [6, 6.07) is 11.7. The van der Waals surface area contributed by atoms with Gasteiger partial charge in [0.2, 0.25) is 0 Å². The van der Waals surface area contributed by atoms with Gasteiger partial charge in [0.05, 0.1) is 11.2 Å². The van der Waals surface area contributed by atoms with E-state index in [0.717, 1.165) is 24.3 Å². The maximum Gasteiger partial charge on any atom is 0.272 e. The molecule has 1 saturated heterocycles. The third kappa shape index (κ3) is 3.73. The summed E-state index contributed by atoms with van der Waals surface area (Å²) in [5, 5.41) is 7.38. The van der Waals surface area contributed by atoms with E-state index in [0.29, 0.717) is 17.9 Å². The van der Waals surface area contributed by atoms with Gasteiger partial charge in [0.15, 0.2) is 11.5 Å². The Bertz CT molecular complexity index is 1170. The number of benzene rings is 1. The molecule has 4 aromatic rings. The molecule has 5 rings (SSSR count). The van der Waals surface area contributed by atoms with Crippen LogP contribution in [0.2, 0.25) is 0 Å². The van der Waals surface area contributed by atoms with Crippen molar-refractivity contribution in [2.75, 3.05) is 18.0 Å². The van der Waals surface area contributed by atoms with Gasteiger partial charge in [-0.25, -0.2) is 14.1 Å². The smallest absolute Gasteiger partial charge is 0.272 e. The Hall–Kier alpha value is -3.39. The van der Waals surface area contributed by atoms with Gasteiger partial charge < -0.3 is 14.6 Å². The minimum atomic E-state index is -0.310. The van der Waals surface area contributed by atoms with Gasteiger partial charge in [-0.3, -0.25) is 4.79 Å². The molecule has 1 aromatic carbocycles. The van der Waals surface area contributed by atoms with Gasteiger partial charge in [-0.15, -0.1) is 12.4 Å². The fourth-order valence-corrected chi connectivity index (χ4v) is 3.71. The molecule has 1 amide bonds. The summed E-state index contributed by atoms with van der Waals surface area (Å²) >= 11 is 0. The Balaban J connectivity index is 0.00000218. The SMILES string of the molecule is Cl.O=C(NC1CCN(c2nccn3cccc23)C1)c1ccn(-c2ccc(F)cc2)n1. The highest BCUT2D eigenvalue weighted by Gasteiger charge is 2.27. The molecule has 9 heteroatoms. The van der Waals surface area contributed by atoms with Crippen LogP contribution >= 0.6 is 12.4 Å². The number of carbonyl (C=O) groups excluding carboxylic acids is 1. The van der Waals surface area contributed by atoms with Crippen molar-refractivity contribution in [1.29, 1.82) is 0 Å². The second kappa shape index (κ2) is 8.16. The lowest BCUT2D eigenvalue weighted by Gasteiger charge is -2.18. The van der Waals surface area contributed by atoms with Crippen LogP contribution in [0.1, 0.15) is 16.9 Å². The van der Waals surface area contributed by atoms with Crippen LogP contribution in [0.5, 0.6) is 0 Å². The summed E-state index contributed by atoms with van der Waals surface area (Å²) in [5.41, 5.74) is 2.08. The topological polar surface area (TPSA) is 67.5 Å². The predicted molar refractivity (Wildman–Crippen MR) is 114 cm³/mol. The first-order valence-corrected chi connectivity index (χ1v) is 9.46. The number of hydrogen-bond acceptors (Lipinski definition) is 4. The zero-order chi connectivity index (χ0) is 19.8. The average Bonchev–Trinajstić information content (AvgIpc) is 3.48. The monoisotopic (exact) mass is 426 g/mol. The number of hydrogen-bond donors (Lipinski definition) is 1. The molecule has 1 unspecified atom stereocenters. The fraction of sp³-hybridized carbons (Fsp3) is 0.190. The van der Waals surface area contributed by atoms with Crippen LogP contribution in [0.25, 0.3) is 11.2 Å². The number of anilines is 1. The number of rotatable bonds is 4. The van der Waals surface area contributed by atoms with E-state index in [4.69, 9.17) is 0 Å². The second-order valence-electron chi connectivity index (χ2n) is 7.08. The van der Waals surface area contributed by atoms with Crippen LogP contribution in [0.15, 0.2) is 67.3 Å². The molecule has 0 aliphatic carbocycles. The van der Waals surface area contributed by atoms with Crippen LogP contribution in [0.4, 0.5) is 10.2 Å². The molecule has 1 atom stereocenters. The standard InChI is InChI=1S/C21H19FN6O.ClH/c22-15-3-5-17(6-4-15)28-12-8-18(25-28)21(29)24-16-7-11-27(14-16)20-19-2-1-10-26(19)13-9-23-20;/h1-6,8-10,12-13,16H,7,11,14H2,(H,24,29);1H. The summed E-state index contributed by atoms with van der Waals surface area (Å²) < 4.78 is 16.7. The molecule has 154 valence electrons. The van der Waals surface area contributed by atoms with Gasteiger partial charge in [-0.2, -0.15) is 5.10 Å². The largest absolute Gasteiger partial charge is 0.353 e. The van der Waals surface area contributed by atoms with Crippen LogP contribution in [0.3, 0.4) is 0 Å². The van der Waals surface area contributed by atoms with Crippen LogP contribution in [-0.4, -0.2) is 44.2 Å². The number of nitrogens with zero attached hydrogens (tertiary/aromatic N) is 5. The fourth-order valence-electron chi connectivity index (χ4n) is 3.71. The Morgan fingerprint density at radius 2 is 1.93 bits per heavy atom.